The summed E-state index contributed by atoms with van der Waals surface area (Å²) in [4.78, 5) is 16.5. The summed E-state index contributed by atoms with van der Waals surface area (Å²) in [5.41, 5.74) is 6.77. The minimum absolute atomic E-state index is 0.298. The van der Waals surface area contributed by atoms with Crippen LogP contribution in [0.1, 0.15) is 47.9 Å². The van der Waals surface area contributed by atoms with Crippen molar-refractivity contribution in [3.8, 4) is 0 Å². The second-order valence-electron chi connectivity index (χ2n) is 8.55. The van der Waals surface area contributed by atoms with E-state index in [-0.39, 0.29) is 0 Å². The van der Waals surface area contributed by atoms with Gasteiger partial charge < -0.3 is 15.1 Å². The predicted molar refractivity (Wildman–Crippen MR) is 119 cm³/mol. The van der Waals surface area contributed by atoms with Crippen LogP contribution in [0.5, 0.6) is 0 Å². The van der Waals surface area contributed by atoms with E-state index < -0.39 is 0 Å². The Bertz CT molecular complexity index is 855. The van der Waals surface area contributed by atoms with Crippen molar-refractivity contribution in [2.75, 3.05) is 24.5 Å². The number of hydrogen-bond acceptors (Lipinski definition) is 3. The summed E-state index contributed by atoms with van der Waals surface area (Å²) in [5, 5.41) is 3.78. The summed E-state index contributed by atoms with van der Waals surface area (Å²) in [6.45, 7) is 9.17. The Labute approximate surface area is 174 Å². The number of nitrogens with zero attached hydrogens (tertiary/aromatic N) is 2. The smallest absolute Gasteiger partial charge is 0.222 e. The van der Waals surface area contributed by atoms with Crippen molar-refractivity contribution in [3.63, 3.8) is 0 Å². The average molecular weight is 392 g/mol. The van der Waals surface area contributed by atoms with Gasteiger partial charge in [0.2, 0.25) is 5.91 Å². The molecule has 0 radical (unpaired) electrons. The molecule has 0 saturated carbocycles. The van der Waals surface area contributed by atoms with Gasteiger partial charge in [-0.05, 0) is 61.4 Å². The second-order valence-corrected chi connectivity index (χ2v) is 8.55. The molecule has 2 aromatic rings. The fraction of sp³-hybridized carbons (Fsp3) is 0.480. The maximum atomic E-state index is 12.0. The van der Waals surface area contributed by atoms with E-state index in [0.29, 0.717) is 18.4 Å². The van der Waals surface area contributed by atoms with Crippen molar-refractivity contribution < 1.29 is 4.79 Å². The molecular weight excluding hydrogens is 358 g/mol. The number of hydrogen-bond donors (Lipinski definition) is 1. The van der Waals surface area contributed by atoms with E-state index in [9.17, 15) is 4.79 Å². The Morgan fingerprint density at radius 2 is 1.72 bits per heavy atom. The molecule has 4 nitrogen and oxygen atoms in total. The van der Waals surface area contributed by atoms with Crippen LogP contribution in [-0.2, 0) is 17.9 Å². The van der Waals surface area contributed by atoms with Crippen molar-refractivity contribution in [2.45, 2.75) is 58.7 Å². The van der Waals surface area contributed by atoms with Gasteiger partial charge >= 0.3 is 0 Å². The molecule has 29 heavy (non-hydrogen) atoms. The van der Waals surface area contributed by atoms with E-state index in [0.717, 1.165) is 39.1 Å². The third kappa shape index (κ3) is 4.64. The molecule has 1 amide bonds. The summed E-state index contributed by atoms with van der Waals surface area (Å²) in [7, 11) is 0. The highest BCUT2D eigenvalue weighted by Crippen LogP contribution is 2.26. The third-order valence-electron chi connectivity index (χ3n) is 6.64. The lowest BCUT2D eigenvalue weighted by atomic mass is 10.0. The molecule has 2 saturated heterocycles. The van der Waals surface area contributed by atoms with E-state index in [2.05, 4.69) is 66.5 Å². The molecule has 0 atom stereocenters. The maximum Gasteiger partial charge on any atom is 0.222 e. The number of rotatable bonds is 6. The Hall–Kier alpha value is -2.33. The Morgan fingerprint density at radius 1 is 0.966 bits per heavy atom. The lowest BCUT2D eigenvalue weighted by molar-refractivity contribution is -0.128. The van der Waals surface area contributed by atoms with Crippen LogP contribution in [0.15, 0.2) is 42.5 Å². The van der Waals surface area contributed by atoms with E-state index in [1.54, 1.807) is 0 Å². The van der Waals surface area contributed by atoms with Crippen molar-refractivity contribution in [3.05, 3.63) is 64.7 Å². The number of benzene rings is 2. The van der Waals surface area contributed by atoms with Crippen molar-refractivity contribution in [2.24, 2.45) is 0 Å². The molecule has 0 unspecified atom stereocenters. The first kappa shape index (κ1) is 20.0. The van der Waals surface area contributed by atoms with Gasteiger partial charge in [-0.3, -0.25) is 4.79 Å². The molecule has 0 spiro atoms. The van der Waals surface area contributed by atoms with Gasteiger partial charge in [0.25, 0.3) is 0 Å². The standard InChI is InChI=1S/C25H33N3O/c1-19-7-5-10-24(20(19)2)27-15-12-23(13-16-27)26-17-21-8-3-4-9-22(21)18-28-14-6-11-25(28)29/h3-5,7-10,23,26H,6,11-18H2,1-2H3. The molecule has 1 N–H and O–H groups in total. The fourth-order valence-electron chi connectivity index (χ4n) is 4.62. The van der Waals surface area contributed by atoms with Crippen LogP contribution >= 0.6 is 0 Å². The number of likely N-dealkylation sites (tertiary alicyclic amines) is 1. The van der Waals surface area contributed by atoms with Gasteiger partial charge in [0.05, 0.1) is 0 Å². The highest BCUT2D eigenvalue weighted by molar-refractivity contribution is 5.78. The SMILES string of the molecule is Cc1cccc(N2CCC(NCc3ccccc3CN3CCCC3=O)CC2)c1C. The molecule has 0 aromatic heterocycles. The zero-order chi connectivity index (χ0) is 20.2. The first-order chi connectivity index (χ1) is 14.1. The van der Waals surface area contributed by atoms with Gasteiger partial charge in [-0.25, -0.2) is 0 Å². The van der Waals surface area contributed by atoms with E-state index in [4.69, 9.17) is 0 Å². The summed E-state index contributed by atoms with van der Waals surface area (Å²) in [6, 6.07) is 15.7. The molecular formula is C25H33N3O. The first-order valence-corrected chi connectivity index (χ1v) is 11.0. The largest absolute Gasteiger partial charge is 0.371 e. The van der Waals surface area contributed by atoms with Crippen LogP contribution < -0.4 is 10.2 Å². The van der Waals surface area contributed by atoms with Crippen LogP contribution in [0, 0.1) is 13.8 Å². The van der Waals surface area contributed by atoms with Gasteiger partial charge in [0, 0.05) is 50.9 Å². The highest BCUT2D eigenvalue weighted by atomic mass is 16.2. The van der Waals surface area contributed by atoms with Crippen molar-refractivity contribution >= 4 is 11.6 Å². The molecule has 2 heterocycles. The van der Waals surface area contributed by atoms with Crippen LogP contribution in [0.25, 0.3) is 0 Å². The van der Waals surface area contributed by atoms with Gasteiger partial charge in [-0.15, -0.1) is 0 Å². The average Bonchev–Trinajstić information content (AvgIpc) is 3.14. The minimum Gasteiger partial charge on any atom is -0.371 e. The van der Waals surface area contributed by atoms with E-state index in [1.165, 1.54) is 40.8 Å². The molecule has 0 bridgehead atoms. The number of carbonyl (C=O) groups excluding carboxylic acids is 1. The highest BCUT2D eigenvalue weighted by Gasteiger charge is 2.22. The topological polar surface area (TPSA) is 35.6 Å². The number of anilines is 1. The van der Waals surface area contributed by atoms with Crippen LogP contribution in [0.4, 0.5) is 5.69 Å². The lowest BCUT2D eigenvalue weighted by Crippen LogP contribution is -2.42. The number of nitrogens with one attached hydrogen (secondary N) is 1. The quantitative estimate of drug-likeness (QED) is 0.802. The zero-order valence-electron chi connectivity index (χ0n) is 17.8. The Kier molecular flexibility index (Phi) is 6.19. The summed E-state index contributed by atoms with van der Waals surface area (Å²) < 4.78 is 0. The Morgan fingerprint density at radius 3 is 2.45 bits per heavy atom. The minimum atomic E-state index is 0.298. The summed E-state index contributed by atoms with van der Waals surface area (Å²) in [5.74, 6) is 0.298. The molecule has 2 fully saturated rings. The molecule has 0 aliphatic carbocycles. The van der Waals surface area contributed by atoms with Gasteiger partial charge in [0.1, 0.15) is 0 Å². The molecule has 154 valence electrons. The maximum absolute atomic E-state index is 12.0. The fourth-order valence-corrected chi connectivity index (χ4v) is 4.62. The third-order valence-corrected chi connectivity index (χ3v) is 6.64. The zero-order valence-corrected chi connectivity index (χ0v) is 17.8. The number of carbonyl (C=O) groups is 1. The monoisotopic (exact) mass is 391 g/mol. The van der Waals surface area contributed by atoms with Crippen LogP contribution in [-0.4, -0.2) is 36.5 Å². The Balaban J connectivity index is 1.32. The van der Waals surface area contributed by atoms with Gasteiger partial charge in [-0.1, -0.05) is 36.4 Å². The molecule has 2 aliphatic heterocycles. The van der Waals surface area contributed by atoms with Gasteiger partial charge in [-0.2, -0.15) is 0 Å². The van der Waals surface area contributed by atoms with Crippen molar-refractivity contribution in [1.82, 2.24) is 10.2 Å². The summed E-state index contributed by atoms with van der Waals surface area (Å²) in [6.07, 6.45) is 4.04. The van der Waals surface area contributed by atoms with E-state index >= 15 is 0 Å². The molecule has 4 rings (SSSR count). The number of piperidine rings is 1. The summed E-state index contributed by atoms with van der Waals surface area (Å²) >= 11 is 0. The molecule has 2 aromatic carbocycles. The number of aryl methyl sites for hydroxylation is 1. The van der Waals surface area contributed by atoms with Crippen molar-refractivity contribution in [1.29, 1.82) is 0 Å². The first-order valence-electron chi connectivity index (χ1n) is 11.0. The second kappa shape index (κ2) is 9.00. The van der Waals surface area contributed by atoms with Crippen LogP contribution in [0.3, 0.4) is 0 Å². The van der Waals surface area contributed by atoms with Crippen LogP contribution in [0.2, 0.25) is 0 Å². The number of amides is 1. The molecule has 4 heteroatoms. The predicted octanol–water partition coefficient (Wildman–Crippen LogP) is 4.18. The molecule has 2 aliphatic rings. The lowest BCUT2D eigenvalue weighted by Gasteiger charge is -2.35. The van der Waals surface area contributed by atoms with E-state index in [1.807, 2.05) is 4.90 Å². The van der Waals surface area contributed by atoms with Gasteiger partial charge in [0.15, 0.2) is 0 Å². The normalized spacial score (nSPS) is 17.9.